The first-order valence-electron chi connectivity index (χ1n) is 7.54. The molecular formula is C17H24N4. The summed E-state index contributed by atoms with van der Waals surface area (Å²) in [5.74, 6) is 2.26. The highest BCUT2D eigenvalue weighted by Crippen LogP contribution is 2.24. The van der Waals surface area contributed by atoms with Crippen LogP contribution in [0.4, 0.5) is 17.3 Å². The Balaban J connectivity index is 2.21. The van der Waals surface area contributed by atoms with Crippen LogP contribution in [-0.4, -0.2) is 16.5 Å². The maximum Gasteiger partial charge on any atom is 0.138 e. The van der Waals surface area contributed by atoms with Crippen LogP contribution in [0.25, 0.3) is 0 Å². The highest BCUT2D eigenvalue weighted by atomic mass is 15.1. The van der Waals surface area contributed by atoms with Crippen molar-refractivity contribution in [3.63, 3.8) is 0 Å². The van der Waals surface area contributed by atoms with Crippen molar-refractivity contribution in [3.8, 4) is 0 Å². The minimum Gasteiger partial charge on any atom is -0.370 e. The molecule has 0 atom stereocenters. The van der Waals surface area contributed by atoms with Gasteiger partial charge >= 0.3 is 0 Å². The zero-order chi connectivity index (χ0) is 15.2. The van der Waals surface area contributed by atoms with Crippen LogP contribution in [0.1, 0.15) is 44.2 Å². The molecule has 2 N–H and O–H groups in total. The van der Waals surface area contributed by atoms with Crippen molar-refractivity contribution in [2.45, 2.75) is 40.0 Å². The molecule has 1 aromatic carbocycles. The van der Waals surface area contributed by atoms with E-state index in [1.807, 2.05) is 6.92 Å². The Morgan fingerprint density at radius 3 is 2.62 bits per heavy atom. The van der Waals surface area contributed by atoms with Gasteiger partial charge in [-0.05, 0) is 37.0 Å². The van der Waals surface area contributed by atoms with Crippen molar-refractivity contribution in [1.29, 1.82) is 0 Å². The van der Waals surface area contributed by atoms with Crippen molar-refractivity contribution in [2.75, 3.05) is 17.2 Å². The van der Waals surface area contributed by atoms with E-state index < -0.39 is 0 Å². The smallest absolute Gasteiger partial charge is 0.138 e. The van der Waals surface area contributed by atoms with Gasteiger partial charge in [0.05, 0.1) is 0 Å². The number of hydrogen-bond donors (Lipinski definition) is 2. The van der Waals surface area contributed by atoms with Gasteiger partial charge in [-0.3, -0.25) is 0 Å². The highest BCUT2D eigenvalue weighted by Gasteiger charge is 2.07. The fraction of sp³-hybridized carbons (Fsp3) is 0.412. The number of aromatic nitrogens is 2. The van der Waals surface area contributed by atoms with Crippen molar-refractivity contribution in [2.24, 2.45) is 0 Å². The quantitative estimate of drug-likeness (QED) is 0.821. The lowest BCUT2D eigenvalue weighted by Crippen LogP contribution is -2.07. The van der Waals surface area contributed by atoms with Gasteiger partial charge in [-0.15, -0.1) is 0 Å². The highest BCUT2D eigenvalue weighted by molar-refractivity contribution is 5.64. The first-order chi connectivity index (χ1) is 10.1. The lowest BCUT2D eigenvalue weighted by atomic mass is 10.0. The molecule has 2 aromatic rings. The second-order valence-electron chi connectivity index (χ2n) is 5.53. The summed E-state index contributed by atoms with van der Waals surface area (Å²) in [6.45, 7) is 9.48. The first kappa shape index (κ1) is 15.3. The van der Waals surface area contributed by atoms with E-state index in [9.17, 15) is 0 Å². The van der Waals surface area contributed by atoms with Crippen LogP contribution in [0.15, 0.2) is 30.6 Å². The monoisotopic (exact) mass is 284 g/mol. The van der Waals surface area contributed by atoms with E-state index >= 15 is 0 Å². The summed E-state index contributed by atoms with van der Waals surface area (Å²) in [5.41, 5.74) is 3.42. The van der Waals surface area contributed by atoms with Crippen LogP contribution in [-0.2, 0) is 0 Å². The van der Waals surface area contributed by atoms with E-state index in [0.717, 1.165) is 35.9 Å². The molecule has 0 bridgehead atoms. The summed E-state index contributed by atoms with van der Waals surface area (Å²) < 4.78 is 0. The number of anilines is 3. The molecule has 4 nitrogen and oxygen atoms in total. The third kappa shape index (κ3) is 3.94. The molecule has 0 aliphatic rings. The summed E-state index contributed by atoms with van der Waals surface area (Å²) in [6.07, 6.45) is 2.67. The van der Waals surface area contributed by atoms with E-state index in [2.05, 4.69) is 65.6 Å². The van der Waals surface area contributed by atoms with E-state index in [4.69, 9.17) is 0 Å². The average molecular weight is 284 g/mol. The Labute approximate surface area is 127 Å². The van der Waals surface area contributed by atoms with Gasteiger partial charge in [-0.2, -0.15) is 0 Å². The molecule has 112 valence electrons. The zero-order valence-electron chi connectivity index (χ0n) is 13.3. The number of nitrogens with one attached hydrogen (secondary N) is 2. The number of benzene rings is 1. The Morgan fingerprint density at radius 2 is 1.90 bits per heavy atom. The normalized spacial score (nSPS) is 10.7. The molecule has 21 heavy (non-hydrogen) atoms. The fourth-order valence-corrected chi connectivity index (χ4v) is 2.11. The van der Waals surface area contributed by atoms with Crippen LogP contribution < -0.4 is 10.6 Å². The first-order valence-corrected chi connectivity index (χ1v) is 7.54. The Hall–Kier alpha value is -2.10. The van der Waals surface area contributed by atoms with E-state index in [1.54, 1.807) is 6.33 Å². The van der Waals surface area contributed by atoms with Gasteiger partial charge in [-0.1, -0.05) is 32.9 Å². The standard InChI is InChI=1S/C17H24N4/c1-5-9-18-16-13(4)17(20-11-19-16)21-15-8-6-7-14(10-15)12(2)3/h6-8,10-12H,5,9H2,1-4H3,(H2,18,19,20,21). The van der Waals surface area contributed by atoms with Gasteiger partial charge in [0.25, 0.3) is 0 Å². The van der Waals surface area contributed by atoms with Gasteiger partial charge in [-0.25, -0.2) is 9.97 Å². The molecule has 2 rings (SSSR count). The van der Waals surface area contributed by atoms with Crippen LogP contribution in [0, 0.1) is 6.92 Å². The van der Waals surface area contributed by atoms with Crippen LogP contribution in [0.5, 0.6) is 0 Å². The van der Waals surface area contributed by atoms with Crippen molar-refractivity contribution < 1.29 is 0 Å². The summed E-state index contributed by atoms with van der Waals surface area (Å²) in [7, 11) is 0. The van der Waals surface area contributed by atoms with Crippen molar-refractivity contribution in [1.82, 2.24) is 9.97 Å². The molecule has 0 aliphatic carbocycles. The molecule has 0 saturated heterocycles. The number of rotatable bonds is 6. The molecule has 0 saturated carbocycles. The molecule has 0 fully saturated rings. The topological polar surface area (TPSA) is 49.8 Å². The maximum absolute atomic E-state index is 4.35. The second-order valence-corrected chi connectivity index (χ2v) is 5.53. The van der Waals surface area contributed by atoms with E-state index in [0.29, 0.717) is 5.92 Å². The lowest BCUT2D eigenvalue weighted by Gasteiger charge is -2.13. The van der Waals surface area contributed by atoms with Crippen molar-refractivity contribution >= 4 is 17.3 Å². The molecule has 1 heterocycles. The molecule has 1 aromatic heterocycles. The van der Waals surface area contributed by atoms with Gasteiger partial charge in [0.15, 0.2) is 0 Å². The Morgan fingerprint density at radius 1 is 1.14 bits per heavy atom. The average Bonchev–Trinajstić information content (AvgIpc) is 2.48. The molecule has 0 spiro atoms. The largest absolute Gasteiger partial charge is 0.370 e. The van der Waals surface area contributed by atoms with Gasteiger partial charge in [0.1, 0.15) is 18.0 Å². The fourth-order valence-electron chi connectivity index (χ4n) is 2.11. The molecule has 0 unspecified atom stereocenters. The van der Waals surface area contributed by atoms with Crippen LogP contribution in [0.3, 0.4) is 0 Å². The van der Waals surface area contributed by atoms with Gasteiger partial charge in [0, 0.05) is 17.8 Å². The lowest BCUT2D eigenvalue weighted by molar-refractivity contribution is 0.867. The summed E-state index contributed by atoms with van der Waals surface area (Å²) in [6, 6.07) is 8.46. The Bertz CT molecular complexity index is 593. The van der Waals surface area contributed by atoms with Crippen LogP contribution in [0.2, 0.25) is 0 Å². The zero-order valence-corrected chi connectivity index (χ0v) is 13.3. The predicted octanol–water partition coefficient (Wildman–Crippen LogP) is 4.47. The van der Waals surface area contributed by atoms with Crippen LogP contribution >= 0.6 is 0 Å². The van der Waals surface area contributed by atoms with E-state index in [1.165, 1.54) is 5.56 Å². The SMILES string of the molecule is CCCNc1ncnc(Nc2cccc(C(C)C)c2)c1C. The van der Waals surface area contributed by atoms with E-state index in [-0.39, 0.29) is 0 Å². The molecular weight excluding hydrogens is 260 g/mol. The third-order valence-corrected chi connectivity index (χ3v) is 3.44. The second kappa shape index (κ2) is 7.07. The van der Waals surface area contributed by atoms with Gasteiger partial charge < -0.3 is 10.6 Å². The number of hydrogen-bond acceptors (Lipinski definition) is 4. The molecule has 4 heteroatoms. The summed E-state index contributed by atoms with van der Waals surface area (Å²) in [4.78, 5) is 8.66. The molecule has 0 aliphatic heterocycles. The molecule has 0 radical (unpaired) electrons. The minimum absolute atomic E-state index is 0.514. The van der Waals surface area contributed by atoms with Crippen molar-refractivity contribution in [3.05, 3.63) is 41.7 Å². The third-order valence-electron chi connectivity index (χ3n) is 3.44. The maximum atomic E-state index is 4.35. The predicted molar refractivity (Wildman–Crippen MR) is 89.4 cm³/mol. The van der Waals surface area contributed by atoms with Gasteiger partial charge in [0.2, 0.25) is 0 Å². The Kier molecular flexibility index (Phi) is 5.14. The molecule has 0 amide bonds. The minimum atomic E-state index is 0.514. The summed E-state index contributed by atoms with van der Waals surface area (Å²) in [5, 5.41) is 6.72. The number of nitrogens with zero attached hydrogens (tertiary/aromatic N) is 2. The summed E-state index contributed by atoms with van der Waals surface area (Å²) >= 11 is 0.